The fourth-order valence-electron chi connectivity index (χ4n) is 7.79. The van der Waals surface area contributed by atoms with Crippen LogP contribution in [-0.2, 0) is 0 Å². The third kappa shape index (κ3) is 10.5. The Bertz CT molecular complexity index is 3540. The number of halogens is 4. The monoisotopic (exact) mass is 1060 g/mol. The molecule has 0 aliphatic heterocycles. The van der Waals surface area contributed by atoms with E-state index in [0.717, 1.165) is 0 Å². The molecule has 0 saturated heterocycles. The summed E-state index contributed by atoms with van der Waals surface area (Å²) in [5.41, 5.74) is 2.18. The maximum absolute atomic E-state index is 13.8. The minimum atomic E-state index is -0.726. The number of carbonyl (C=O) groups is 4. The fourth-order valence-corrected chi connectivity index (χ4v) is 8.74. The first-order valence-corrected chi connectivity index (χ1v) is 23.7. The number of carbonyl (C=O) groups excluding carboxylic acids is 4. The number of fused-ring (bicyclic) bond motifs is 2. The van der Waals surface area contributed by atoms with Crippen LogP contribution in [0.5, 0.6) is 23.0 Å². The van der Waals surface area contributed by atoms with Crippen molar-refractivity contribution in [3.05, 3.63) is 211 Å². The maximum atomic E-state index is 13.8. The SMILES string of the molecule is Cc1c(N=Nc2c(O)c(C(=O)Nc3ccc(NC(=O)c4cc5ccccc5c(N=Nc5cccc(C(=O)Oc6c(Cl)cccc6Cl)c5C)c4O)cc3)cc3ccccc23)cccc1C(=O)Oc1c(Cl)cccc1Cl. The molecule has 366 valence electrons. The Morgan fingerprint density at radius 2 is 0.784 bits per heavy atom. The molecule has 0 heterocycles. The molecule has 0 spiro atoms. The summed E-state index contributed by atoms with van der Waals surface area (Å²) in [5.74, 6) is -3.68. The highest BCUT2D eigenvalue weighted by molar-refractivity contribution is 6.38. The molecule has 0 aliphatic rings. The van der Waals surface area contributed by atoms with Gasteiger partial charge < -0.3 is 30.3 Å². The molecule has 18 heteroatoms. The Balaban J connectivity index is 0.918. The number of phenolic OH excluding ortho intramolecular Hbond substituents is 2. The van der Waals surface area contributed by atoms with Gasteiger partial charge in [0.2, 0.25) is 0 Å². The van der Waals surface area contributed by atoms with Gasteiger partial charge in [0.15, 0.2) is 23.0 Å². The molecule has 2 amide bonds. The molecule has 4 N–H and O–H groups in total. The number of esters is 2. The molecule has 9 aromatic rings. The second kappa shape index (κ2) is 21.6. The van der Waals surface area contributed by atoms with Crippen LogP contribution in [-0.4, -0.2) is 34.0 Å². The number of para-hydroxylation sites is 2. The van der Waals surface area contributed by atoms with Crippen LogP contribution in [0, 0.1) is 13.8 Å². The number of azo groups is 2. The second-order valence-electron chi connectivity index (χ2n) is 16.4. The van der Waals surface area contributed by atoms with E-state index in [1.54, 1.807) is 159 Å². The number of amides is 2. The first-order chi connectivity index (χ1) is 35.7. The zero-order valence-corrected chi connectivity index (χ0v) is 41.7. The standard InChI is InChI=1S/C56H36Cl4N6O8/c1-29-35(55(71)73-51-41(57)17-9-18-42(51)58)15-7-21-45(29)63-65-47-37-13-5-3-11-31(37)27-39(49(47)67)53(69)61-33-23-25-34(26-24-33)62-54(70)40-28-32-12-4-6-14-38(32)48(50(40)68)66-64-46-22-8-16-36(30(46)2)56(72)74-52-43(59)19-10-20-44(52)60/h3-28,67-68H,1-2H3,(H,61,69)(H,62,70). The highest BCUT2D eigenvalue weighted by Gasteiger charge is 2.23. The Hall–Kier alpha value is -8.66. The molecule has 0 fully saturated rings. The normalized spacial score (nSPS) is 11.3. The van der Waals surface area contributed by atoms with Gasteiger partial charge in [-0.25, -0.2) is 9.59 Å². The van der Waals surface area contributed by atoms with E-state index in [0.29, 0.717) is 44.0 Å². The molecule has 0 aliphatic carbocycles. The van der Waals surface area contributed by atoms with E-state index in [-0.39, 0.29) is 76.6 Å². The van der Waals surface area contributed by atoms with Crippen molar-refractivity contribution in [3.8, 4) is 23.0 Å². The quantitative estimate of drug-likeness (QED) is 0.0526. The van der Waals surface area contributed by atoms with Crippen molar-refractivity contribution in [2.24, 2.45) is 20.5 Å². The van der Waals surface area contributed by atoms with Gasteiger partial charge in [-0.15, -0.1) is 10.2 Å². The Kier molecular flexibility index (Phi) is 14.7. The summed E-state index contributed by atoms with van der Waals surface area (Å²) >= 11 is 24.9. The average Bonchev–Trinajstić information content (AvgIpc) is 3.39. The third-order valence-electron chi connectivity index (χ3n) is 11.7. The van der Waals surface area contributed by atoms with E-state index >= 15 is 0 Å². The van der Waals surface area contributed by atoms with E-state index < -0.39 is 35.3 Å². The van der Waals surface area contributed by atoms with Crippen LogP contribution in [0.25, 0.3) is 21.5 Å². The van der Waals surface area contributed by atoms with E-state index in [2.05, 4.69) is 31.1 Å². The third-order valence-corrected chi connectivity index (χ3v) is 12.9. The van der Waals surface area contributed by atoms with Gasteiger partial charge >= 0.3 is 11.9 Å². The summed E-state index contributed by atoms with van der Waals surface area (Å²) in [6.45, 7) is 3.31. The van der Waals surface area contributed by atoms with Crippen LogP contribution >= 0.6 is 46.4 Å². The van der Waals surface area contributed by atoms with Crippen molar-refractivity contribution < 1.29 is 38.9 Å². The van der Waals surface area contributed by atoms with Crippen molar-refractivity contribution in [1.82, 2.24) is 0 Å². The number of benzene rings is 9. The predicted octanol–water partition coefficient (Wildman–Crippen LogP) is 16.4. The minimum Gasteiger partial charge on any atom is -0.505 e. The van der Waals surface area contributed by atoms with Gasteiger partial charge in [0, 0.05) is 22.1 Å². The summed E-state index contributed by atoms with van der Waals surface area (Å²) in [7, 11) is 0. The van der Waals surface area contributed by atoms with Gasteiger partial charge in [-0.05, 0) is 121 Å². The molecule has 0 atom stereocenters. The molecule has 0 saturated carbocycles. The molecule has 0 radical (unpaired) electrons. The lowest BCUT2D eigenvalue weighted by molar-refractivity contribution is 0.0724. The summed E-state index contributed by atoms with van der Waals surface area (Å²) in [4.78, 5) is 54.2. The smallest absolute Gasteiger partial charge is 0.343 e. The van der Waals surface area contributed by atoms with Crippen LogP contribution in [0.1, 0.15) is 52.6 Å². The lowest BCUT2D eigenvalue weighted by atomic mass is 10.0. The van der Waals surface area contributed by atoms with Crippen LogP contribution < -0.4 is 20.1 Å². The minimum absolute atomic E-state index is 0.00532. The fraction of sp³-hybridized carbons (Fsp3) is 0.0357. The van der Waals surface area contributed by atoms with Gasteiger partial charge in [-0.2, -0.15) is 10.2 Å². The summed E-state index contributed by atoms with van der Waals surface area (Å²) in [5, 5.41) is 49.0. The molecule has 9 rings (SSSR count). The van der Waals surface area contributed by atoms with Gasteiger partial charge in [0.05, 0.1) is 53.7 Å². The topological polar surface area (TPSA) is 201 Å². The molecule has 0 unspecified atom stereocenters. The van der Waals surface area contributed by atoms with Gasteiger partial charge in [0.25, 0.3) is 11.8 Å². The van der Waals surface area contributed by atoms with Crippen molar-refractivity contribution in [2.45, 2.75) is 13.8 Å². The van der Waals surface area contributed by atoms with Crippen molar-refractivity contribution in [3.63, 3.8) is 0 Å². The zero-order valence-electron chi connectivity index (χ0n) is 38.7. The molecule has 0 bridgehead atoms. The van der Waals surface area contributed by atoms with Gasteiger partial charge in [0.1, 0.15) is 11.4 Å². The van der Waals surface area contributed by atoms with E-state index in [9.17, 15) is 29.4 Å². The Morgan fingerprint density at radius 3 is 1.16 bits per heavy atom. The number of ether oxygens (including phenoxy) is 2. The summed E-state index contributed by atoms with van der Waals surface area (Å²) < 4.78 is 11.1. The summed E-state index contributed by atoms with van der Waals surface area (Å²) in [6.07, 6.45) is 0. The predicted molar refractivity (Wildman–Crippen MR) is 287 cm³/mol. The maximum Gasteiger partial charge on any atom is 0.343 e. The number of nitrogens with one attached hydrogen (secondary N) is 2. The van der Waals surface area contributed by atoms with Crippen molar-refractivity contribution in [2.75, 3.05) is 10.6 Å². The number of hydrogen-bond acceptors (Lipinski definition) is 12. The van der Waals surface area contributed by atoms with E-state index in [1.165, 1.54) is 12.1 Å². The van der Waals surface area contributed by atoms with Crippen LogP contribution in [0.4, 0.5) is 34.1 Å². The molecule has 14 nitrogen and oxygen atoms in total. The molecule has 0 aromatic heterocycles. The Morgan fingerprint density at radius 1 is 0.432 bits per heavy atom. The number of phenols is 2. The lowest BCUT2D eigenvalue weighted by Gasteiger charge is -2.13. The van der Waals surface area contributed by atoms with E-state index in [1.807, 2.05) is 0 Å². The van der Waals surface area contributed by atoms with Crippen LogP contribution in [0.3, 0.4) is 0 Å². The molecular weight excluding hydrogens is 1030 g/mol. The number of rotatable bonds is 12. The number of hydrogen-bond donors (Lipinski definition) is 4. The molecular formula is C56H36Cl4N6O8. The number of anilines is 2. The van der Waals surface area contributed by atoms with Gasteiger partial charge in [-0.3, -0.25) is 9.59 Å². The first-order valence-electron chi connectivity index (χ1n) is 22.2. The highest BCUT2D eigenvalue weighted by Crippen LogP contribution is 2.43. The highest BCUT2D eigenvalue weighted by atomic mass is 35.5. The van der Waals surface area contributed by atoms with Crippen LogP contribution in [0.15, 0.2) is 178 Å². The molecule has 74 heavy (non-hydrogen) atoms. The summed E-state index contributed by atoms with van der Waals surface area (Å²) in [6, 6.07) is 42.2. The Labute approximate surface area is 441 Å². The largest absolute Gasteiger partial charge is 0.505 e. The molecule has 9 aromatic carbocycles. The van der Waals surface area contributed by atoms with Crippen molar-refractivity contribution in [1.29, 1.82) is 0 Å². The van der Waals surface area contributed by atoms with E-state index in [4.69, 9.17) is 55.9 Å². The lowest BCUT2D eigenvalue weighted by Crippen LogP contribution is -2.13. The first kappa shape index (κ1) is 50.3. The number of nitrogens with zero attached hydrogens (tertiary/aromatic N) is 4. The number of aromatic hydroxyl groups is 2. The van der Waals surface area contributed by atoms with Crippen LogP contribution in [0.2, 0.25) is 20.1 Å². The van der Waals surface area contributed by atoms with Gasteiger partial charge in [-0.1, -0.05) is 119 Å². The second-order valence-corrected chi connectivity index (χ2v) is 18.0. The zero-order chi connectivity index (χ0) is 52.2. The average molecular weight is 1060 g/mol. The van der Waals surface area contributed by atoms with Crippen molar-refractivity contribution >= 4 is 126 Å².